The summed E-state index contributed by atoms with van der Waals surface area (Å²) >= 11 is 0.981. The predicted molar refractivity (Wildman–Crippen MR) is 86.9 cm³/mol. The number of hydrogen-bond acceptors (Lipinski definition) is 4. The standard InChI is InChI=1S/C16H18N2O3S/c1-9-7-5-6-8-10(9)13(19)18-15-17-12(16(2,3)4)11(22-15)14(20)21/h5-8H,1-4H3,(H,20,21)(H,17,18,19). The number of thiazole rings is 1. The SMILES string of the molecule is Cc1ccccc1C(=O)Nc1nc(C(C)(C)C)c(C(=O)O)s1. The molecule has 0 spiro atoms. The van der Waals surface area contributed by atoms with Crippen molar-refractivity contribution in [1.29, 1.82) is 0 Å². The summed E-state index contributed by atoms with van der Waals surface area (Å²) in [5.41, 5.74) is 1.47. The number of aromatic nitrogens is 1. The number of nitrogens with zero attached hydrogens (tertiary/aromatic N) is 1. The lowest BCUT2D eigenvalue weighted by molar-refractivity contribution is 0.0699. The van der Waals surface area contributed by atoms with E-state index >= 15 is 0 Å². The van der Waals surface area contributed by atoms with Gasteiger partial charge in [0, 0.05) is 11.0 Å². The molecule has 0 aliphatic carbocycles. The third-order valence-electron chi connectivity index (χ3n) is 3.14. The number of carboxylic acids is 1. The van der Waals surface area contributed by atoms with Crippen molar-refractivity contribution in [2.75, 3.05) is 5.32 Å². The zero-order valence-corrected chi connectivity index (χ0v) is 13.7. The normalized spacial score (nSPS) is 11.3. The van der Waals surface area contributed by atoms with Gasteiger partial charge in [0.05, 0.1) is 5.69 Å². The Hall–Kier alpha value is -2.21. The quantitative estimate of drug-likeness (QED) is 0.904. The molecular weight excluding hydrogens is 300 g/mol. The number of carbonyl (C=O) groups excluding carboxylic acids is 1. The number of aryl methyl sites for hydroxylation is 1. The highest BCUT2D eigenvalue weighted by atomic mass is 32.1. The molecule has 22 heavy (non-hydrogen) atoms. The van der Waals surface area contributed by atoms with Crippen LogP contribution in [0.25, 0.3) is 0 Å². The number of benzene rings is 1. The molecule has 1 amide bonds. The maximum atomic E-state index is 12.3. The van der Waals surface area contributed by atoms with Gasteiger partial charge in [-0.1, -0.05) is 50.3 Å². The smallest absolute Gasteiger partial charge is 0.347 e. The summed E-state index contributed by atoms with van der Waals surface area (Å²) in [6.45, 7) is 7.52. The molecule has 1 aromatic heterocycles. The van der Waals surface area contributed by atoms with Crippen LogP contribution in [0.4, 0.5) is 5.13 Å². The van der Waals surface area contributed by atoms with Crippen molar-refractivity contribution in [3.8, 4) is 0 Å². The molecular formula is C16H18N2O3S. The summed E-state index contributed by atoms with van der Waals surface area (Å²) in [6.07, 6.45) is 0. The average molecular weight is 318 g/mol. The van der Waals surface area contributed by atoms with E-state index < -0.39 is 11.4 Å². The van der Waals surface area contributed by atoms with Gasteiger partial charge >= 0.3 is 5.97 Å². The Balaban J connectivity index is 2.33. The highest BCUT2D eigenvalue weighted by Gasteiger charge is 2.27. The molecule has 1 heterocycles. The van der Waals surface area contributed by atoms with E-state index in [9.17, 15) is 14.7 Å². The minimum absolute atomic E-state index is 0.160. The fourth-order valence-electron chi connectivity index (χ4n) is 2.02. The van der Waals surface area contributed by atoms with Crippen LogP contribution >= 0.6 is 11.3 Å². The van der Waals surface area contributed by atoms with Gasteiger partial charge < -0.3 is 5.11 Å². The lowest BCUT2D eigenvalue weighted by Crippen LogP contribution is -2.17. The summed E-state index contributed by atoms with van der Waals surface area (Å²) in [5, 5.41) is 12.3. The van der Waals surface area contributed by atoms with E-state index in [1.807, 2.05) is 39.8 Å². The van der Waals surface area contributed by atoms with Gasteiger partial charge in [0.25, 0.3) is 5.91 Å². The number of rotatable bonds is 3. The van der Waals surface area contributed by atoms with Gasteiger partial charge in [-0.15, -0.1) is 0 Å². The molecule has 0 unspecified atom stereocenters. The maximum absolute atomic E-state index is 12.3. The van der Waals surface area contributed by atoms with Gasteiger partial charge in [-0.3, -0.25) is 10.1 Å². The topological polar surface area (TPSA) is 79.3 Å². The number of nitrogens with one attached hydrogen (secondary N) is 1. The Labute approximate surface area is 133 Å². The third-order valence-corrected chi connectivity index (χ3v) is 4.10. The van der Waals surface area contributed by atoms with Crippen molar-refractivity contribution in [2.24, 2.45) is 0 Å². The number of carboxylic acid groups (broad SMARTS) is 1. The van der Waals surface area contributed by atoms with Crippen LogP contribution in [0, 0.1) is 6.92 Å². The summed E-state index contributed by atoms with van der Waals surface area (Å²) in [6, 6.07) is 7.21. The second-order valence-corrected chi connectivity index (χ2v) is 7.02. The minimum Gasteiger partial charge on any atom is -0.477 e. The summed E-state index contributed by atoms with van der Waals surface area (Å²) in [5.74, 6) is -1.32. The van der Waals surface area contributed by atoms with Crippen LogP contribution in [-0.2, 0) is 5.41 Å². The molecule has 2 aromatic rings. The Morgan fingerprint density at radius 2 is 1.86 bits per heavy atom. The van der Waals surface area contributed by atoms with Crippen LogP contribution in [0.15, 0.2) is 24.3 Å². The van der Waals surface area contributed by atoms with E-state index in [0.29, 0.717) is 16.4 Å². The van der Waals surface area contributed by atoms with Crippen LogP contribution in [0.2, 0.25) is 0 Å². The molecule has 0 bridgehead atoms. The molecule has 116 valence electrons. The molecule has 2 N–H and O–H groups in total. The Morgan fingerprint density at radius 1 is 1.23 bits per heavy atom. The summed E-state index contributed by atoms with van der Waals surface area (Å²) in [4.78, 5) is 28.1. The lowest BCUT2D eigenvalue weighted by Gasteiger charge is -2.15. The van der Waals surface area contributed by atoms with Gasteiger partial charge in [0.15, 0.2) is 5.13 Å². The Kier molecular flexibility index (Phi) is 4.32. The highest BCUT2D eigenvalue weighted by molar-refractivity contribution is 7.17. The molecule has 0 saturated heterocycles. The lowest BCUT2D eigenvalue weighted by atomic mass is 9.91. The van der Waals surface area contributed by atoms with Crippen molar-refractivity contribution in [2.45, 2.75) is 33.1 Å². The Bertz CT molecular complexity index is 729. The monoisotopic (exact) mass is 318 g/mol. The van der Waals surface area contributed by atoms with Crippen LogP contribution in [0.3, 0.4) is 0 Å². The van der Waals surface area contributed by atoms with Crippen LogP contribution in [0.1, 0.15) is 52.1 Å². The second kappa shape index (κ2) is 5.88. The van der Waals surface area contributed by atoms with Crippen molar-refractivity contribution >= 4 is 28.3 Å². The molecule has 0 radical (unpaired) electrons. The third kappa shape index (κ3) is 3.33. The molecule has 5 nitrogen and oxygen atoms in total. The molecule has 0 aliphatic heterocycles. The van der Waals surface area contributed by atoms with E-state index in [1.54, 1.807) is 12.1 Å². The van der Waals surface area contributed by atoms with E-state index in [-0.39, 0.29) is 10.8 Å². The van der Waals surface area contributed by atoms with Gasteiger partial charge in [0.2, 0.25) is 0 Å². The molecule has 0 atom stereocenters. The van der Waals surface area contributed by atoms with Gasteiger partial charge in [-0.05, 0) is 18.6 Å². The van der Waals surface area contributed by atoms with Crippen molar-refractivity contribution in [3.05, 3.63) is 46.0 Å². The largest absolute Gasteiger partial charge is 0.477 e. The van der Waals surface area contributed by atoms with Crippen LogP contribution in [0.5, 0.6) is 0 Å². The minimum atomic E-state index is -1.03. The maximum Gasteiger partial charge on any atom is 0.347 e. The van der Waals surface area contributed by atoms with Gasteiger partial charge in [0.1, 0.15) is 4.88 Å². The van der Waals surface area contributed by atoms with Gasteiger partial charge in [-0.2, -0.15) is 0 Å². The molecule has 0 fully saturated rings. The fraction of sp³-hybridized carbons (Fsp3) is 0.312. The first-order valence-electron chi connectivity index (χ1n) is 6.81. The molecule has 6 heteroatoms. The van der Waals surface area contributed by atoms with Crippen molar-refractivity contribution < 1.29 is 14.7 Å². The zero-order chi connectivity index (χ0) is 16.5. The molecule has 0 aliphatic rings. The van der Waals surface area contributed by atoms with E-state index in [1.165, 1.54) is 0 Å². The molecule has 2 rings (SSSR count). The first kappa shape index (κ1) is 16.2. The van der Waals surface area contributed by atoms with E-state index in [2.05, 4.69) is 10.3 Å². The molecule has 1 aromatic carbocycles. The number of carbonyl (C=O) groups is 2. The van der Waals surface area contributed by atoms with Crippen LogP contribution < -0.4 is 5.32 Å². The number of aromatic carboxylic acids is 1. The van der Waals surface area contributed by atoms with Crippen molar-refractivity contribution in [1.82, 2.24) is 4.98 Å². The average Bonchev–Trinajstić information content (AvgIpc) is 2.83. The predicted octanol–water partition coefficient (Wildman–Crippen LogP) is 3.70. The van der Waals surface area contributed by atoms with E-state index in [4.69, 9.17) is 0 Å². The highest BCUT2D eigenvalue weighted by Crippen LogP contribution is 2.32. The fourth-order valence-corrected chi connectivity index (χ4v) is 3.03. The summed E-state index contributed by atoms with van der Waals surface area (Å²) in [7, 11) is 0. The number of amides is 1. The molecule has 0 saturated carbocycles. The van der Waals surface area contributed by atoms with Crippen molar-refractivity contribution in [3.63, 3.8) is 0 Å². The first-order chi connectivity index (χ1) is 10.2. The van der Waals surface area contributed by atoms with Crippen LogP contribution in [-0.4, -0.2) is 22.0 Å². The van der Waals surface area contributed by atoms with Gasteiger partial charge in [-0.25, -0.2) is 9.78 Å². The number of anilines is 1. The zero-order valence-electron chi connectivity index (χ0n) is 12.9. The first-order valence-corrected chi connectivity index (χ1v) is 7.63. The second-order valence-electron chi connectivity index (χ2n) is 6.02. The van der Waals surface area contributed by atoms with E-state index in [0.717, 1.165) is 16.9 Å². The Morgan fingerprint density at radius 3 is 2.36 bits per heavy atom. The summed E-state index contributed by atoms with van der Waals surface area (Å²) < 4.78 is 0. The number of hydrogen-bond donors (Lipinski definition) is 2.